The van der Waals surface area contributed by atoms with Crippen molar-refractivity contribution < 1.29 is 13.2 Å². The van der Waals surface area contributed by atoms with E-state index in [-0.39, 0.29) is 17.5 Å². The third kappa shape index (κ3) is 6.42. The van der Waals surface area contributed by atoms with E-state index in [0.717, 1.165) is 31.2 Å². The van der Waals surface area contributed by atoms with Crippen molar-refractivity contribution in [1.29, 1.82) is 5.41 Å². The third-order valence-corrected chi connectivity index (χ3v) is 7.95. The highest BCUT2D eigenvalue weighted by Crippen LogP contribution is 2.42. The average molecular weight is 469 g/mol. The van der Waals surface area contributed by atoms with Crippen LogP contribution in [0, 0.1) is 17.2 Å². The number of benzene rings is 2. The van der Waals surface area contributed by atoms with Crippen LogP contribution in [0.2, 0.25) is 0 Å². The Hall–Kier alpha value is -2.71. The molecule has 1 aliphatic heterocycles. The number of amides is 1. The number of carbonyl (C=O) groups excluding carboxylic acids is 1. The van der Waals surface area contributed by atoms with Gasteiger partial charge in [0, 0.05) is 18.7 Å². The minimum atomic E-state index is -3.60. The molecule has 1 heterocycles. The summed E-state index contributed by atoms with van der Waals surface area (Å²) in [4.78, 5) is 15.0. The summed E-state index contributed by atoms with van der Waals surface area (Å²) in [7, 11) is -3.60. The molecule has 33 heavy (non-hydrogen) atoms. The first-order chi connectivity index (χ1) is 15.8. The highest BCUT2D eigenvalue weighted by atomic mass is 32.2. The zero-order chi connectivity index (χ0) is 23.4. The molecule has 0 aromatic heterocycles. The molecule has 2 aromatic rings. The Bertz CT molecular complexity index is 1090. The lowest BCUT2D eigenvalue weighted by Crippen LogP contribution is -2.48. The minimum Gasteiger partial charge on any atom is -0.384 e. The molecule has 1 saturated carbocycles. The van der Waals surface area contributed by atoms with E-state index in [1.54, 1.807) is 12.1 Å². The van der Waals surface area contributed by atoms with Gasteiger partial charge in [0.2, 0.25) is 15.9 Å². The van der Waals surface area contributed by atoms with Crippen LogP contribution in [-0.4, -0.2) is 44.2 Å². The first kappa shape index (κ1) is 23.4. The minimum absolute atomic E-state index is 0.0690. The summed E-state index contributed by atoms with van der Waals surface area (Å²) in [6, 6.07) is 16.1. The van der Waals surface area contributed by atoms with E-state index in [1.165, 1.54) is 5.56 Å². The molecule has 4 rings (SSSR count). The zero-order valence-corrected chi connectivity index (χ0v) is 19.6. The Morgan fingerprint density at radius 2 is 1.76 bits per heavy atom. The molecule has 0 spiro atoms. The van der Waals surface area contributed by atoms with Crippen molar-refractivity contribution in [2.45, 2.75) is 43.9 Å². The molecule has 0 radical (unpaired) electrons. The summed E-state index contributed by atoms with van der Waals surface area (Å²) >= 11 is 0. The van der Waals surface area contributed by atoms with E-state index in [2.05, 4.69) is 4.72 Å². The van der Waals surface area contributed by atoms with Crippen molar-refractivity contribution in [1.82, 2.24) is 9.62 Å². The third-order valence-electron chi connectivity index (χ3n) is 6.59. The van der Waals surface area contributed by atoms with Gasteiger partial charge in [0.25, 0.3) is 0 Å². The lowest BCUT2D eigenvalue weighted by molar-refractivity contribution is -0.132. The van der Waals surface area contributed by atoms with Crippen molar-refractivity contribution in [3.63, 3.8) is 0 Å². The predicted octanol–water partition coefficient (Wildman–Crippen LogP) is 2.65. The maximum atomic E-state index is 13.2. The van der Waals surface area contributed by atoms with Gasteiger partial charge in [-0.3, -0.25) is 10.2 Å². The van der Waals surface area contributed by atoms with Gasteiger partial charge in [-0.05, 0) is 55.1 Å². The van der Waals surface area contributed by atoms with E-state index in [1.807, 2.05) is 47.4 Å². The van der Waals surface area contributed by atoms with Crippen LogP contribution in [0.15, 0.2) is 54.6 Å². The second-order valence-electron chi connectivity index (χ2n) is 9.27. The molecular formula is C25H32N4O3S. The molecule has 1 amide bonds. The smallest absolute Gasteiger partial charge is 0.240 e. The van der Waals surface area contributed by atoms with Gasteiger partial charge in [0.05, 0.1) is 5.75 Å². The lowest BCUT2D eigenvalue weighted by Gasteiger charge is -2.25. The zero-order valence-electron chi connectivity index (χ0n) is 18.7. The number of amidine groups is 1. The van der Waals surface area contributed by atoms with Gasteiger partial charge in [-0.15, -0.1) is 0 Å². The van der Waals surface area contributed by atoms with Gasteiger partial charge in [0.15, 0.2) is 0 Å². The molecule has 2 aliphatic rings. The van der Waals surface area contributed by atoms with Gasteiger partial charge in [-0.2, -0.15) is 0 Å². The van der Waals surface area contributed by atoms with E-state index in [4.69, 9.17) is 11.1 Å². The fourth-order valence-electron chi connectivity index (χ4n) is 4.64. The van der Waals surface area contributed by atoms with Crippen molar-refractivity contribution >= 4 is 21.8 Å². The number of rotatable bonds is 9. The number of nitrogens with one attached hydrogen (secondary N) is 2. The normalized spacial score (nSPS) is 23.2. The SMILES string of the molecule is N=C(N)c1ccc(C[C@H]2CC2CN2CCCC[C@H](NS(=O)(=O)Cc3ccccc3)C2=O)cc1. The highest BCUT2D eigenvalue weighted by molar-refractivity contribution is 7.88. The quantitative estimate of drug-likeness (QED) is 0.387. The van der Waals surface area contributed by atoms with Crippen LogP contribution in [0.5, 0.6) is 0 Å². The average Bonchev–Trinajstić information content (AvgIpc) is 3.54. The Kier molecular flexibility index (Phi) is 7.14. The molecule has 4 N–H and O–H groups in total. The van der Waals surface area contributed by atoms with Crippen molar-refractivity contribution in [2.75, 3.05) is 13.1 Å². The Morgan fingerprint density at radius 1 is 1.03 bits per heavy atom. The fourth-order valence-corrected chi connectivity index (χ4v) is 6.00. The predicted molar refractivity (Wildman–Crippen MR) is 129 cm³/mol. The molecule has 176 valence electrons. The van der Waals surface area contributed by atoms with Crippen molar-refractivity contribution in [3.8, 4) is 0 Å². The fraction of sp³-hybridized carbons (Fsp3) is 0.440. The van der Waals surface area contributed by atoms with Crippen LogP contribution in [0.3, 0.4) is 0 Å². The van der Waals surface area contributed by atoms with Gasteiger partial charge < -0.3 is 10.6 Å². The van der Waals surface area contributed by atoms with Gasteiger partial charge in [-0.1, -0.05) is 54.6 Å². The summed E-state index contributed by atoms with van der Waals surface area (Å²) in [6.45, 7) is 1.37. The molecule has 1 saturated heterocycles. The number of nitrogen functional groups attached to an aromatic ring is 1. The summed E-state index contributed by atoms with van der Waals surface area (Å²) < 4.78 is 28.0. The van der Waals surface area contributed by atoms with E-state index < -0.39 is 16.1 Å². The van der Waals surface area contributed by atoms with Crippen LogP contribution < -0.4 is 10.5 Å². The second kappa shape index (κ2) is 10.1. The molecule has 2 aromatic carbocycles. The first-order valence-corrected chi connectivity index (χ1v) is 13.2. The van der Waals surface area contributed by atoms with Crippen molar-refractivity contribution in [2.24, 2.45) is 17.6 Å². The number of hydrogen-bond donors (Lipinski definition) is 3. The molecule has 3 atom stereocenters. The first-order valence-electron chi connectivity index (χ1n) is 11.6. The Labute approximate surface area is 195 Å². The maximum absolute atomic E-state index is 13.2. The second-order valence-corrected chi connectivity index (χ2v) is 11.0. The largest absolute Gasteiger partial charge is 0.384 e. The number of nitrogens with two attached hydrogens (primary N) is 1. The van der Waals surface area contributed by atoms with E-state index in [0.29, 0.717) is 36.9 Å². The van der Waals surface area contributed by atoms with Crippen molar-refractivity contribution in [3.05, 3.63) is 71.3 Å². The molecule has 1 unspecified atom stereocenters. The number of sulfonamides is 1. The molecule has 2 fully saturated rings. The summed E-state index contributed by atoms with van der Waals surface area (Å²) in [5.41, 5.74) is 8.16. The summed E-state index contributed by atoms with van der Waals surface area (Å²) in [5.74, 6) is 0.823. The maximum Gasteiger partial charge on any atom is 0.240 e. The summed E-state index contributed by atoms with van der Waals surface area (Å²) in [5, 5.41) is 7.50. The number of hydrogen-bond acceptors (Lipinski definition) is 4. The monoisotopic (exact) mass is 468 g/mol. The van der Waals surface area contributed by atoms with Crippen LogP contribution in [0.25, 0.3) is 0 Å². The Balaban J connectivity index is 1.32. The van der Waals surface area contributed by atoms with E-state index >= 15 is 0 Å². The van der Waals surface area contributed by atoms with Crippen LogP contribution in [0.1, 0.15) is 42.4 Å². The van der Waals surface area contributed by atoms with Gasteiger partial charge in [-0.25, -0.2) is 13.1 Å². The van der Waals surface area contributed by atoms with Gasteiger partial charge >= 0.3 is 0 Å². The summed E-state index contributed by atoms with van der Waals surface area (Å²) in [6.07, 6.45) is 4.28. The molecular weight excluding hydrogens is 436 g/mol. The lowest BCUT2D eigenvalue weighted by atomic mass is 10.0. The number of likely N-dealkylation sites (tertiary alicyclic amines) is 1. The number of carbonyl (C=O) groups is 1. The van der Waals surface area contributed by atoms with Gasteiger partial charge in [0.1, 0.15) is 11.9 Å². The number of nitrogens with zero attached hydrogens (tertiary/aromatic N) is 1. The molecule has 8 heteroatoms. The van der Waals surface area contributed by atoms with E-state index in [9.17, 15) is 13.2 Å². The molecule has 7 nitrogen and oxygen atoms in total. The Morgan fingerprint density at radius 3 is 2.45 bits per heavy atom. The van der Waals surface area contributed by atoms with Crippen LogP contribution in [0.4, 0.5) is 0 Å². The van der Waals surface area contributed by atoms with Crippen LogP contribution >= 0.6 is 0 Å². The highest BCUT2D eigenvalue weighted by Gasteiger charge is 2.40. The van der Waals surface area contributed by atoms with Crippen LogP contribution in [-0.2, 0) is 27.0 Å². The molecule has 1 aliphatic carbocycles. The topological polar surface area (TPSA) is 116 Å². The standard InChI is InChI=1S/C25H32N4O3S/c26-24(27)20-11-9-18(10-12-20)14-21-15-22(21)16-29-13-5-4-8-23(25(29)30)28-33(31,32)17-19-6-2-1-3-7-19/h1-3,6-7,9-12,21-23,28H,4-5,8,13-17H2,(H3,26,27)/t21-,22?,23-/m0/s1. The molecule has 0 bridgehead atoms.